The van der Waals surface area contributed by atoms with E-state index in [2.05, 4.69) is 100 Å². The molecule has 139 valence electrons. The van der Waals surface area contributed by atoms with E-state index in [1.807, 2.05) is 0 Å². The lowest BCUT2D eigenvalue weighted by atomic mass is 9.75. The zero-order chi connectivity index (χ0) is 19.2. The molecule has 0 aliphatic carbocycles. The van der Waals surface area contributed by atoms with E-state index < -0.39 is 0 Å². The van der Waals surface area contributed by atoms with Gasteiger partial charge in [-0.3, -0.25) is 0 Å². The lowest BCUT2D eigenvalue weighted by molar-refractivity contribution is 0.612. The summed E-state index contributed by atoms with van der Waals surface area (Å²) >= 11 is 0. The van der Waals surface area contributed by atoms with Crippen LogP contribution in [-0.2, 0) is 6.42 Å². The van der Waals surface area contributed by atoms with Gasteiger partial charge in [0.15, 0.2) is 0 Å². The predicted molar refractivity (Wildman–Crippen MR) is 118 cm³/mol. The standard InChI is InChI=1S/C27H31/c1-5-13-22-18-19-25(27(21(22)4)24-16-11-8-12-17-24)26(20(3)6-2)23-14-9-7-10-15-23/h7-12,14-20H,5-6,13H2,1-4H3. The van der Waals surface area contributed by atoms with Gasteiger partial charge in [0.05, 0.1) is 0 Å². The van der Waals surface area contributed by atoms with Crippen molar-refractivity contribution in [2.24, 2.45) is 5.92 Å². The molecule has 3 rings (SSSR count). The third kappa shape index (κ3) is 4.16. The molecule has 0 aliphatic heterocycles. The van der Waals surface area contributed by atoms with Gasteiger partial charge in [-0.2, -0.15) is 0 Å². The topological polar surface area (TPSA) is 0 Å². The fourth-order valence-electron chi connectivity index (χ4n) is 4.02. The van der Waals surface area contributed by atoms with Crippen molar-refractivity contribution in [2.45, 2.75) is 47.0 Å². The first-order valence-corrected chi connectivity index (χ1v) is 10.3. The molecule has 0 heterocycles. The van der Waals surface area contributed by atoms with Crippen molar-refractivity contribution in [3.05, 3.63) is 101 Å². The molecule has 0 aliphatic rings. The van der Waals surface area contributed by atoms with Crippen LogP contribution >= 0.6 is 0 Å². The van der Waals surface area contributed by atoms with Gasteiger partial charge in [-0.1, -0.05) is 106 Å². The minimum atomic E-state index is 0.506. The summed E-state index contributed by atoms with van der Waals surface area (Å²) in [7, 11) is 0. The maximum absolute atomic E-state index is 2.37. The van der Waals surface area contributed by atoms with Crippen molar-refractivity contribution in [3.63, 3.8) is 0 Å². The molecular formula is C27H31. The molecule has 0 saturated carbocycles. The summed E-state index contributed by atoms with van der Waals surface area (Å²) in [5.74, 6) is 1.97. The Bertz CT molecular complexity index is 846. The van der Waals surface area contributed by atoms with Crippen LogP contribution in [0.2, 0.25) is 0 Å². The van der Waals surface area contributed by atoms with Crippen molar-refractivity contribution < 1.29 is 0 Å². The highest BCUT2D eigenvalue weighted by atomic mass is 14.3. The molecule has 0 heteroatoms. The number of benzene rings is 3. The Morgan fingerprint density at radius 1 is 0.815 bits per heavy atom. The van der Waals surface area contributed by atoms with E-state index in [4.69, 9.17) is 0 Å². The highest BCUT2D eigenvalue weighted by Gasteiger charge is 2.25. The Hall–Kier alpha value is -2.34. The fraction of sp³-hybridized carbons (Fsp3) is 0.296. The van der Waals surface area contributed by atoms with E-state index in [0.29, 0.717) is 5.92 Å². The van der Waals surface area contributed by atoms with Crippen LogP contribution in [0, 0.1) is 18.8 Å². The molecule has 0 spiro atoms. The van der Waals surface area contributed by atoms with Crippen LogP contribution in [0.3, 0.4) is 0 Å². The maximum Gasteiger partial charge on any atom is 0.0374 e. The smallest absolute Gasteiger partial charge is 0.0374 e. The van der Waals surface area contributed by atoms with Crippen molar-refractivity contribution in [2.75, 3.05) is 0 Å². The van der Waals surface area contributed by atoms with Crippen LogP contribution < -0.4 is 0 Å². The van der Waals surface area contributed by atoms with E-state index in [9.17, 15) is 0 Å². The molecule has 27 heavy (non-hydrogen) atoms. The van der Waals surface area contributed by atoms with Gasteiger partial charge in [0, 0.05) is 5.92 Å². The summed E-state index contributed by atoms with van der Waals surface area (Å²) in [5, 5.41) is 0. The number of aryl methyl sites for hydroxylation is 1. The minimum absolute atomic E-state index is 0.506. The summed E-state index contributed by atoms with van der Waals surface area (Å²) in [4.78, 5) is 0. The first-order chi connectivity index (χ1) is 13.2. The van der Waals surface area contributed by atoms with E-state index in [1.54, 1.807) is 0 Å². The van der Waals surface area contributed by atoms with E-state index in [-0.39, 0.29) is 0 Å². The SMILES string of the molecule is CCCc1ccc([C](c2ccccc2)C(C)CC)c(-c2ccccc2)c1C. The van der Waals surface area contributed by atoms with Crippen molar-refractivity contribution >= 4 is 0 Å². The lowest BCUT2D eigenvalue weighted by Crippen LogP contribution is -2.14. The normalized spacial score (nSPS) is 12.3. The average Bonchev–Trinajstić information content (AvgIpc) is 2.71. The summed E-state index contributed by atoms with van der Waals surface area (Å²) in [5.41, 5.74) is 8.35. The van der Waals surface area contributed by atoms with Crippen LogP contribution in [0.1, 0.15) is 55.9 Å². The lowest BCUT2D eigenvalue weighted by Gasteiger charge is -2.28. The Morgan fingerprint density at radius 3 is 2.04 bits per heavy atom. The molecule has 0 amide bonds. The molecule has 1 radical (unpaired) electrons. The van der Waals surface area contributed by atoms with E-state index in [0.717, 1.165) is 12.8 Å². The second kappa shape index (κ2) is 9.04. The molecule has 0 bridgehead atoms. The van der Waals surface area contributed by atoms with Crippen LogP contribution in [0.5, 0.6) is 0 Å². The molecule has 0 nitrogen and oxygen atoms in total. The minimum Gasteiger partial charge on any atom is -0.0651 e. The van der Waals surface area contributed by atoms with Crippen molar-refractivity contribution in [3.8, 4) is 11.1 Å². The molecule has 0 fully saturated rings. The highest BCUT2D eigenvalue weighted by molar-refractivity contribution is 5.76. The third-order valence-corrected chi connectivity index (χ3v) is 5.64. The Kier molecular flexibility index (Phi) is 6.50. The zero-order valence-corrected chi connectivity index (χ0v) is 17.1. The average molecular weight is 356 g/mol. The van der Waals surface area contributed by atoms with Crippen LogP contribution in [0.25, 0.3) is 11.1 Å². The molecule has 3 aromatic carbocycles. The molecular weight excluding hydrogens is 324 g/mol. The zero-order valence-electron chi connectivity index (χ0n) is 17.1. The first-order valence-electron chi connectivity index (χ1n) is 10.3. The monoisotopic (exact) mass is 355 g/mol. The van der Waals surface area contributed by atoms with Gasteiger partial charge in [-0.15, -0.1) is 0 Å². The summed E-state index contributed by atoms with van der Waals surface area (Å²) in [6.07, 6.45) is 3.44. The number of hydrogen-bond acceptors (Lipinski definition) is 0. The third-order valence-electron chi connectivity index (χ3n) is 5.64. The van der Waals surface area contributed by atoms with Gasteiger partial charge in [-0.05, 0) is 52.6 Å². The van der Waals surface area contributed by atoms with E-state index in [1.165, 1.54) is 45.7 Å². The van der Waals surface area contributed by atoms with Gasteiger partial charge < -0.3 is 0 Å². The summed E-state index contributed by atoms with van der Waals surface area (Å²) in [6, 6.07) is 26.5. The maximum atomic E-state index is 2.37. The fourth-order valence-corrected chi connectivity index (χ4v) is 4.02. The van der Waals surface area contributed by atoms with Crippen molar-refractivity contribution in [1.29, 1.82) is 0 Å². The molecule has 0 saturated heterocycles. The second-order valence-corrected chi connectivity index (χ2v) is 7.48. The Labute approximate surface area is 165 Å². The Morgan fingerprint density at radius 2 is 1.44 bits per heavy atom. The molecule has 1 atom stereocenters. The van der Waals surface area contributed by atoms with Gasteiger partial charge in [-0.25, -0.2) is 0 Å². The Balaban J connectivity index is 2.25. The quantitative estimate of drug-likeness (QED) is 0.408. The molecule has 0 aromatic heterocycles. The largest absolute Gasteiger partial charge is 0.0651 e. The second-order valence-electron chi connectivity index (χ2n) is 7.48. The van der Waals surface area contributed by atoms with Gasteiger partial charge >= 0.3 is 0 Å². The summed E-state index contributed by atoms with van der Waals surface area (Å²) < 4.78 is 0. The van der Waals surface area contributed by atoms with Gasteiger partial charge in [0.2, 0.25) is 0 Å². The van der Waals surface area contributed by atoms with Crippen LogP contribution in [0.15, 0.2) is 72.8 Å². The van der Waals surface area contributed by atoms with E-state index >= 15 is 0 Å². The molecule has 3 aromatic rings. The molecule has 0 N–H and O–H groups in total. The number of hydrogen-bond donors (Lipinski definition) is 0. The van der Waals surface area contributed by atoms with Crippen LogP contribution in [-0.4, -0.2) is 0 Å². The van der Waals surface area contributed by atoms with Gasteiger partial charge in [0.1, 0.15) is 0 Å². The van der Waals surface area contributed by atoms with Crippen molar-refractivity contribution in [1.82, 2.24) is 0 Å². The summed E-state index contributed by atoms with van der Waals surface area (Å²) in [6.45, 7) is 9.20. The first kappa shape index (κ1) is 19.4. The van der Waals surface area contributed by atoms with Gasteiger partial charge in [0.25, 0.3) is 0 Å². The van der Waals surface area contributed by atoms with Crippen LogP contribution in [0.4, 0.5) is 0 Å². The number of rotatable bonds is 7. The predicted octanol–water partition coefficient (Wildman–Crippen LogP) is 7.63. The highest BCUT2D eigenvalue weighted by Crippen LogP contribution is 2.41. The molecule has 1 unspecified atom stereocenters.